The molecule has 2 fully saturated rings. The fourth-order valence-corrected chi connectivity index (χ4v) is 3.65. The third-order valence-corrected chi connectivity index (χ3v) is 5.21. The van der Waals surface area contributed by atoms with Gasteiger partial charge in [0.1, 0.15) is 5.75 Å². The zero-order valence-electron chi connectivity index (χ0n) is 16.9. The lowest BCUT2D eigenvalue weighted by Crippen LogP contribution is -2.63. The van der Waals surface area contributed by atoms with E-state index in [4.69, 9.17) is 35.3 Å². The number of nitrogens with one attached hydrogen (secondary N) is 1. The number of halogens is 1. The Kier molecular flexibility index (Phi) is 6.31. The number of ether oxygens (including phenoxy) is 5. The molecule has 0 bridgehead atoms. The Bertz CT molecular complexity index is 965. The Balaban J connectivity index is 1.53. The summed E-state index contributed by atoms with van der Waals surface area (Å²) in [6.07, 6.45) is -0.749. The van der Waals surface area contributed by atoms with E-state index in [2.05, 4.69) is 5.32 Å². The first-order valence-corrected chi connectivity index (χ1v) is 10.2. The molecule has 0 aliphatic carbocycles. The van der Waals surface area contributed by atoms with Gasteiger partial charge in [-0.1, -0.05) is 23.7 Å². The van der Waals surface area contributed by atoms with E-state index in [1.165, 1.54) is 0 Å². The average Bonchev–Trinajstić information content (AvgIpc) is 2.75. The van der Waals surface area contributed by atoms with E-state index in [0.29, 0.717) is 35.4 Å². The van der Waals surface area contributed by atoms with Gasteiger partial charge in [-0.3, -0.25) is 14.9 Å². The summed E-state index contributed by atoms with van der Waals surface area (Å²) in [6, 6.07) is 12.3. The average molecular weight is 448 g/mol. The first-order valence-electron chi connectivity index (χ1n) is 9.86. The highest BCUT2D eigenvalue weighted by Gasteiger charge is 2.49. The third kappa shape index (κ3) is 4.92. The van der Waals surface area contributed by atoms with Crippen LogP contribution in [0.15, 0.2) is 42.5 Å². The van der Waals surface area contributed by atoms with E-state index in [1.807, 2.05) is 12.1 Å². The van der Waals surface area contributed by atoms with E-state index in [0.717, 1.165) is 5.56 Å². The number of methoxy groups -OCH3 is 1. The minimum absolute atomic E-state index is 0.0205. The van der Waals surface area contributed by atoms with Gasteiger partial charge in [0.2, 0.25) is 6.23 Å². The Morgan fingerprint density at radius 3 is 2.65 bits per heavy atom. The van der Waals surface area contributed by atoms with Gasteiger partial charge in [-0.25, -0.2) is 0 Å². The largest absolute Gasteiger partial charge is 0.493 e. The highest BCUT2D eigenvalue weighted by Crippen LogP contribution is 2.35. The molecule has 0 amide bonds. The lowest BCUT2D eigenvalue weighted by Gasteiger charge is -2.43. The van der Waals surface area contributed by atoms with E-state index < -0.39 is 24.0 Å². The molecule has 2 aliphatic heterocycles. The van der Waals surface area contributed by atoms with Crippen LogP contribution in [0.2, 0.25) is 5.02 Å². The zero-order chi connectivity index (χ0) is 21.8. The van der Waals surface area contributed by atoms with E-state index in [-0.39, 0.29) is 19.3 Å². The molecule has 0 radical (unpaired) electrons. The van der Waals surface area contributed by atoms with Gasteiger partial charge in [0.25, 0.3) is 5.79 Å². The summed E-state index contributed by atoms with van der Waals surface area (Å²) in [5.41, 5.74) is 0.813. The molecule has 31 heavy (non-hydrogen) atoms. The third-order valence-electron chi connectivity index (χ3n) is 4.97. The molecule has 2 aliphatic rings. The van der Waals surface area contributed by atoms with Crippen LogP contribution in [0.5, 0.6) is 17.2 Å². The van der Waals surface area contributed by atoms with Crippen LogP contribution in [0.3, 0.4) is 0 Å². The molecular formula is C22H22ClNO7. The van der Waals surface area contributed by atoms with E-state index >= 15 is 0 Å². The van der Waals surface area contributed by atoms with Gasteiger partial charge in [-0.05, 0) is 29.8 Å². The normalized spacial score (nSPS) is 23.6. The first kappa shape index (κ1) is 21.4. The predicted molar refractivity (Wildman–Crippen MR) is 110 cm³/mol. The van der Waals surface area contributed by atoms with Crippen molar-refractivity contribution in [3.63, 3.8) is 0 Å². The monoisotopic (exact) mass is 447 g/mol. The summed E-state index contributed by atoms with van der Waals surface area (Å²) >= 11 is 5.99. The maximum Gasteiger partial charge on any atom is 0.309 e. The number of hydrogen-bond acceptors (Lipinski definition) is 8. The van der Waals surface area contributed by atoms with Gasteiger partial charge in [-0.15, -0.1) is 0 Å². The summed E-state index contributed by atoms with van der Waals surface area (Å²) in [5.74, 6) is -0.762. The molecular weight excluding hydrogens is 426 g/mol. The maximum absolute atomic E-state index is 12.2. The van der Waals surface area contributed by atoms with Crippen molar-refractivity contribution in [3.05, 3.63) is 53.1 Å². The molecule has 0 spiro atoms. The van der Waals surface area contributed by atoms with Crippen molar-refractivity contribution < 1.29 is 33.3 Å². The number of esters is 2. The standard InChI is InChI=1S/C22H22ClNO7/c1-27-18-12-15(23)4-7-17(18)29-16-5-2-14(3-6-16)13-22-21(24-10-11-28-22)30-19(25)8-9-20(26)31-22/h2-7,12,21,24H,8-11,13H2,1H3/t21?,22-/m0/s1. The fraction of sp³-hybridized carbons (Fsp3) is 0.364. The zero-order valence-corrected chi connectivity index (χ0v) is 17.6. The summed E-state index contributed by atoms with van der Waals surface area (Å²) in [5, 5.41) is 3.61. The van der Waals surface area contributed by atoms with Crippen molar-refractivity contribution in [3.8, 4) is 17.2 Å². The second-order valence-electron chi connectivity index (χ2n) is 7.18. The SMILES string of the molecule is COc1cc(Cl)ccc1Oc1ccc(C[C@@]23OCCNC2OC(=O)CCC(=O)O3)cc1. The van der Waals surface area contributed by atoms with E-state index in [1.54, 1.807) is 37.4 Å². The molecule has 0 aromatic heterocycles. The molecule has 164 valence electrons. The minimum Gasteiger partial charge on any atom is -0.493 e. The van der Waals surface area contributed by atoms with Crippen molar-refractivity contribution in [1.29, 1.82) is 0 Å². The van der Waals surface area contributed by atoms with Crippen molar-refractivity contribution in [2.45, 2.75) is 31.3 Å². The van der Waals surface area contributed by atoms with Gasteiger partial charge >= 0.3 is 11.9 Å². The van der Waals surface area contributed by atoms with Gasteiger partial charge in [0.05, 0.1) is 26.6 Å². The van der Waals surface area contributed by atoms with Crippen LogP contribution in [-0.2, 0) is 30.2 Å². The van der Waals surface area contributed by atoms with Crippen LogP contribution in [0.4, 0.5) is 0 Å². The van der Waals surface area contributed by atoms with Crippen molar-refractivity contribution in [2.75, 3.05) is 20.3 Å². The Morgan fingerprint density at radius 2 is 1.87 bits per heavy atom. The number of benzene rings is 2. The van der Waals surface area contributed by atoms with Crippen LogP contribution in [-0.4, -0.2) is 44.2 Å². The quantitative estimate of drug-likeness (QED) is 0.698. The number of carbonyl (C=O) groups excluding carboxylic acids is 2. The minimum atomic E-state index is -1.42. The number of hydrogen-bond donors (Lipinski definition) is 1. The molecule has 9 heteroatoms. The number of carbonyl (C=O) groups is 2. The van der Waals surface area contributed by atoms with Gasteiger partial charge < -0.3 is 23.7 Å². The molecule has 2 atom stereocenters. The highest BCUT2D eigenvalue weighted by molar-refractivity contribution is 6.30. The van der Waals surface area contributed by atoms with Crippen molar-refractivity contribution in [2.24, 2.45) is 0 Å². The molecule has 4 rings (SSSR count). The van der Waals surface area contributed by atoms with Gasteiger partial charge in [0, 0.05) is 24.1 Å². The van der Waals surface area contributed by atoms with Crippen LogP contribution in [0, 0.1) is 0 Å². The Hall–Kier alpha value is -2.81. The van der Waals surface area contributed by atoms with Crippen LogP contribution in [0.25, 0.3) is 0 Å². The number of morpholine rings is 1. The summed E-state index contributed by atoms with van der Waals surface area (Å²) in [6.45, 7) is 0.797. The highest BCUT2D eigenvalue weighted by atomic mass is 35.5. The molecule has 2 aromatic carbocycles. The second-order valence-corrected chi connectivity index (χ2v) is 7.61. The van der Waals surface area contributed by atoms with Crippen molar-refractivity contribution in [1.82, 2.24) is 5.32 Å². The van der Waals surface area contributed by atoms with Crippen molar-refractivity contribution >= 4 is 23.5 Å². The first-order chi connectivity index (χ1) is 15.0. The molecule has 1 N–H and O–H groups in total. The molecule has 2 aromatic rings. The lowest BCUT2D eigenvalue weighted by molar-refractivity contribution is -0.297. The van der Waals surface area contributed by atoms with Gasteiger partial charge in [-0.2, -0.15) is 0 Å². The van der Waals surface area contributed by atoms with Crippen LogP contribution >= 0.6 is 11.6 Å². The van der Waals surface area contributed by atoms with Crippen LogP contribution < -0.4 is 14.8 Å². The summed E-state index contributed by atoms with van der Waals surface area (Å²) in [7, 11) is 1.54. The number of fused-ring (bicyclic) bond motifs is 1. The summed E-state index contributed by atoms with van der Waals surface area (Å²) in [4.78, 5) is 24.2. The molecule has 2 heterocycles. The number of rotatable bonds is 5. The Labute approximate surface area is 184 Å². The summed E-state index contributed by atoms with van der Waals surface area (Å²) < 4.78 is 28.1. The predicted octanol–water partition coefficient (Wildman–Crippen LogP) is 3.21. The molecule has 2 saturated heterocycles. The molecule has 0 saturated carbocycles. The second kappa shape index (κ2) is 9.13. The van der Waals surface area contributed by atoms with Gasteiger partial charge in [0.15, 0.2) is 11.5 Å². The topological polar surface area (TPSA) is 92.3 Å². The fourth-order valence-electron chi connectivity index (χ4n) is 3.49. The molecule has 8 nitrogen and oxygen atoms in total. The smallest absolute Gasteiger partial charge is 0.309 e. The molecule has 1 unspecified atom stereocenters. The van der Waals surface area contributed by atoms with Crippen LogP contribution in [0.1, 0.15) is 18.4 Å². The Morgan fingerprint density at radius 1 is 1.10 bits per heavy atom. The van der Waals surface area contributed by atoms with E-state index in [9.17, 15) is 9.59 Å². The lowest BCUT2D eigenvalue weighted by atomic mass is 10.0. The maximum atomic E-state index is 12.2.